The van der Waals surface area contributed by atoms with Crippen LogP contribution in [0.25, 0.3) is 0 Å². The average Bonchev–Trinajstić information content (AvgIpc) is 2.79. The summed E-state index contributed by atoms with van der Waals surface area (Å²) in [7, 11) is 2.00. The number of nitrogens with one attached hydrogen (secondary N) is 1. The molecule has 90 valence electrons. The van der Waals surface area contributed by atoms with Crippen molar-refractivity contribution in [3.63, 3.8) is 0 Å². The van der Waals surface area contributed by atoms with Gasteiger partial charge in [0.2, 0.25) is 0 Å². The van der Waals surface area contributed by atoms with Crippen LogP contribution in [0.15, 0.2) is 12.4 Å². The molecular weight excluding hydrogens is 202 g/mol. The van der Waals surface area contributed by atoms with Gasteiger partial charge in [0.05, 0.1) is 12.3 Å². The van der Waals surface area contributed by atoms with Crippen molar-refractivity contribution in [3.05, 3.63) is 18.0 Å². The van der Waals surface area contributed by atoms with Crippen LogP contribution in [0.5, 0.6) is 0 Å². The third-order valence-electron chi connectivity index (χ3n) is 3.22. The summed E-state index contributed by atoms with van der Waals surface area (Å²) in [5.74, 6) is 0.577. The van der Waals surface area contributed by atoms with E-state index < -0.39 is 0 Å². The quantitative estimate of drug-likeness (QED) is 0.842. The third-order valence-corrected chi connectivity index (χ3v) is 3.22. The van der Waals surface area contributed by atoms with E-state index in [-0.39, 0.29) is 6.10 Å². The Balaban J connectivity index is 2.09. The molecule has 1 N–H and O–H groups in total. The largest absolute Gasteiger partial charge is 0.373 e. The summed E-state index contributed by atoms with van der Waals surface area (Å²) in [6, 6.07) is 0. The third kappa shape index (κ3) is 2.44. The number of nitrogens with zero attached hydrogens (tertiary/aromatic N) is 2. The lowest BCUT2D eigenvalue weighted by atomic mass is 9.91. The molecule has 2 unspecified atom stereocenters. The highest BCUT2D eigenvalue weighted by atomic mass is 16.5. The molecule has 1 aliphatic heterocycles. The van der Waals surface area contributed by atoms with Crippen molar-refractivity contribution < 1.29 is 4.74 Å². The highest BCUT2D eigenvalue weighted by Gasteiger charge is 2.27. The second-order valence-electron chi connectivity index (χ2n) is 4.38. The molecule has 2 atom stereocenters. The Hall–Kier alpha value is -0.870. The lowest BCUT2D eigenvalue weighted by Gasteiger charge is -2.31. The van der Waals surface area contributed by atoms with Crippen LogP contribution < -0.4 is 5.32 Å². The van der Waals surface area contributed by atoms with Gasteiger partial charge in [0.25, 0.3) is 0 Å². The first kappa shape index (κ1) is 11.6. The van der Waals surface area contributed by atoms with Gasteiger partial charge in [-0.1, -0.05) is 0 Å². The van der Waals surface area contributed by atoms with Gasteiger partial charge in [0.15, 0.2) is 0 Å². The average molecular weight is 223 g/mol. The van der Waals surface area contributed by atoms with Gasteiger partial charge >= 0.3 is 0 Å². The molecule has 0 saturated carbocycles. The summed E-state index contributed by atoms with van der Waals surface area (Å²) in [6.07, 6.45) is 6.69. The monoisotopic (exact) mass is 223 g/mol. The van der Waals surface area contributed by atoms with Crippen molar-refractivity contribution in [1.29, 1.82) is 0 Å². The van der Waals surface area contributed by atoms with Gasteiger partial charge in [0.1, 0.15) is 0 Å². The smallest absolute Gasteiger partial charge is 0.0895 e. The second kappa shape index (κ2) is 5.46. The molecule has 1 aliphatic rings. The van der Waals surface area contributed by atoms with Gasteiger partial charge in [0, 0.05) is 37.4 Å². The molecular formula is C12H21N3O. The zero-order valence-corrected chi connectivity index (χ0v) is 10.1. The van der Waals surface area contributed by atoms with Crippen LogP contribution in [0.4, 0.5) is 0 Å². The summed E-state index contributed by atoms with van der Waals surface area (Å²) in [5.41, 5.74) is 1.22. The van der Waals surface area contributed by atoms with Crippen molar-refractivity contribution in [3.8, 4) is 0 Å². The SMILES string of the molecule is CCn1cc(C2OCCCC2CNC)cn1. The molecule has 16 heavy (non-hydrogen) atoms. The predicted octanol–water partition coefficient (Wildman–Crippen LogP) is 1.59. The van der Waals surface area contributed by atoms with E-state index >= 15 is 0 Å². The van der Waals surface area contributed by atoms with E-state index in [1.165, 1.54) is 18.4 Å². The maximum Gasteiger partial charge on any atom is 0.0895 e. The van der Waals surface area contributed by atoms with Crippen molar-refractivity contribution in [2.45, 2.75) is 32.4 Å². The molecule has 1 aromatic rings. The Morgan fingerprint density at radius 3 is 3.19 bits per heavy atom. The molecule has 0 amide bonds. The number of hydrogen-bond acceptors (Lipinski definition) is 3. The van der Waals surface area contributed by atoms with E-state index in [0.29, 0.717) is 5.92 Å². The van der Waals surface area contributed by atoms with Crippen LogP contribution in [0.2, 0.25) is 0 Å². The number of aromatic nitrogens is 2. The lowest BCUT2D eigenvalue weighted by molar-refractivity contribution is -0.0272. The minimum Gasteiger partial charge on any atom is -0.373 e. The topological polar surface area (TPSA) is 39.1 Å². The minimum absolute atomic E-state index is 0.224. The van der Waals surface area contributed by atoms with E-state index in [1.807, 2.05) is 17.9 Å². The summed E-state index contributed by atoms with van der Waals surface area (Å²) >= 11 is 0. The molecule has 0 aromatic carbocycles. The van der Waals surface area contributed by atoms with Gasteiger partial charge < -0.3 is 10.1 Å². The Morgan fingerprint density at radius 1 is 1.62 bits per heavy atom. The number of aryl methyl sites for hydroxylation is 1. The molecule has 2 heterocycles. The molecule has 1 saturated heterocycles. The van der Waals surface area contributed by atoms with Crippen LogP contribution in [0, 0.1) is 5.92 Å². The minimum atomic E-state index is 0.224. The maximum atomic E-state index is 5.89. The van der Waals surface area contributed by atoms with E-state index in [4.69, 9.17) is 4.74 Å². The lowest BCUT2D eigenvalue weighted by Crippen LogP contribution is -2.30. The normalized spacial score (nSPS) is 25.9. The Labute approximate surface area is 97.0 Å². The fourth-order valence-corrected chi connectivity index (χ4v) is 2.38. The van der Waals surface area contributed by atoms with E-state index in [1.54, 1.807) is 0 Å². The van der Waals surface area contributed by atoms with Crippen molar-refractivity contribution in [2.24, 2.45) is 5.92 Å². The second-order valence-corrected chi connectivity index (χ2v) is 4.38. The molecule has 0 spiro atoms. The van der Waals surface area contributed by atoms with Crippen molar-refractivity contribution in [2.75, 3.05) is 20.2 Å². The summed E-state index contributed by atoms with van der Waals surface area (Å²) in [4.78, 5) is 0. The molecule has 2 rings (SSSR count). The molecule has 4 heteroatoms. The first-order valence-electron chi connectivity index (χ1n) is 6.13. The highest BCUT2D eigenvalue weighted by Crippen LogP contribution is 2.32. The molecule has 1 aromatic heterocycles. The van der Waals surface area contributed by atoms with Gasteiger partial charge in [-0.05, 0) is 26.8 Å². The summed E-state index contributed by atoms with van der Waals surface area (Å²) < 4.78 is 7.86. The fraction of sp³-hybridized carbons (Fsp3) is 0.750. The molecule has 4 nitrogen and oxygen atoms in total. The Bertz CT molecular complexity index is 322. The number of hydrogen-bond donors (Lipinski definition) is 1. The molecule has 1 fully saturated rings. The zero-order valence-electron chi connectivity index (χ0n) is 10.1. The fourth-order valence-electron chi connectivity index (χ4n) is 2.38. The Morgan fingerprint density at radius 2 is 2.50 bits per heavy atom. The van der Waals surface area contributed by atoms with Gasteiger partial charge in [-0.2, -0.15) is 5.10 Å². The van der Waals surface area contributed by atoms with Crippen LogP contribution in [0.3, 0.4) is 0 Å². The van der Waals surface area contributed by atoms with Gasteiger partial charge in [-0.15, -0.1) is 0 Å². The van der Waals surface area contributed by atoms with Crippen LogP contribution in [0.1, 0.15) is 31.4 Å². The molecule has 0 aliphatic carbocycles. The van der Waals surface area contributed by atoms with Crippen LogP contribution in [-0.2, 0) is 11.3 Å². The van der Waals surface area contributed by atoms with Gasteiger partial charge in [-0.3, -0.25) is 4.68 Å². The predicted molar refractivity (Wildman–Crippen MR) is 63.2 cm³/mol. The van der Waals surface area contributed by atoms with Gasteiger partial charge in [-0.25, -0.2) is 0 Å². The number of ether oxygens (including phenoxy) is 1. The van der Waals surface area contributed by atoms with Crippen molar-refractivity contribution in [1.82, 2.24) is 15.1 Å². The van der Waals surface area contributed by atoms with E-state index in [2.05, 4.69) is 23.5 Å². The van der Waals surface area contributed by atoms with Crippen LogP contribution >= 0.6 is 0 Å². The zero-order chi connectivity index (χ0) is 11.4. The first-order valence-corrected chi connectivity index (χ1v) is 6.13. The summed E-state index contributed by atoms with van der Waals surface area (Å²) in [6.45, 7) is 4.91. The maximum absolute atomic E-state index is 5.89. The molecule has 0 bridgehead atoms. The van der Waals surface area contributed by atoms with Crippen LogP contribution in [-0.4, -0.2) is 30.0 Å². The number of rotatable bonds is 4. The summed E-state index contributed by atoms with van der Waals surface area (Å²) in [5, 5.41) is 7.57. The highest BCUT2D eigenvalue weighted by molar-refractivity contribution is 5.10. The van der Waals surface area contributed by atoms with E-state index in [9.17, 15) is 0 Å². The molecule has 0 radical (unpaired) electrons. The van der Waals surface area contributed by atoms with Crippen molar-refractivity contribution >= 4 is 0 Å². The first-order chi connectivity index (χ1) is 7.85. The standard InChI is InChI=1S/C12H21N3O/c1-3-15-9-11(8-14-15)12-10(7-13-2)5-4-6-16-12/h8-10,12-13H,3-7H2,1-2H3. The van der Waals surface area contributed by atoms with E-state index in [0.717, 1.165) is 19.7 Å². The Kier molecular flexibility index (Phi) is 3.96.